The van der Waals surface area contributed by atoms with Crippen LogP contribution in [0.4, 0.5) is 0 Å². The molecule has 1 aliphatic heterocycles. The fraction of sp³-hybridized carbons (Fsp3) is 0.333. The third kappa shape index (κ3) is 2.82. The second-order valence-electron chi connectivity index (χ2n) is 5.01. The Morgan fingerprint density at radius 3 is 2.45 bits per heavy atom. The number of benzene rings is 1. The molecule has 3 nitrogen and oxygen atoms in total. The van der Waals surface area contributed by atoms with Gasteiger partial charge in [-0.25, -0.2) is 8.42 Å². The molecule has 1 saturated heterocycles. The monoisotopic (exact) mass is 311 g/mol. The van der Waals surface area contributed by atoms with Crippen molar-refractivity contribution in [2.24, 2.45) is 5.92 Å². The molecule has 108 valence electrons. The largest absolute Gasteiger partial charge is 0.243 e. The molecule has 0 aromatic heterocycles. The summed E-state index contributed by atoms with van der Waals surface area (Å²) in [4.78, 5) is 0.319. The van der Waals surface area contributed by atoms with E-state index in [9.17, 15) is 8.42 Å². The minimum atomic E-state index is -3.47. The maximum atomic E-state index is 12.6. The SMILES string of the molecule is C=CC1CN(S(=O)(=O)c2ccc(C)cc2)C/C1=C(\C)Cl. The topological polar surface area (TPSA) is 37.4 Å². The summed E-state index contributed by atoms with van der Waals surface area (Å²) in [5.41, 5.74) is 1.96. The molecular formula is C15H18ClNO2S. The molecule has 1 aromatic rings. The minimum absolute atomic E-state index is 0.00674. The summed E-state index contributed by atoms with van der Waals surface area (Å²) in [5, 5.41) is 0.650. The van der Waals surface area contributed by atoms with Crippen LogP contribution < -0.4 is 0 Å². The lowest BCUT2D eigenvalue weighted by Crippen LogP contribution is -2.28. The number of sulfonamides is 1. The highest BCUT2D eigenvalue weighted by Gasteiger charge is 2.35. The molecule has 0 spiro atoms. The Bertz CT molecular complexity index is 643. The van der Waals surface area contributed by atoms with Crippen molar-refractivity contribution in [3.05, 3.63) is 53.1 Å². The smallest absolute Gasteiger partial charge is 0.207 e. The molecule has 2 rings (SSSR count). The molecule has 0 amide bonds. The molecule has 1 atom stereocenters. The van der Waals surface area contributed by atoms with Crippen molar-refractivity contribution in [1.29, 1.82) is 0 Å². The zero-order valence-electron chi connectivity index (χ0n) is 11.6. The van der Waals surface area contributed by atoms with E-state index in [-0.39, 0.29) is 5.92 Å². The molecule has 1 aliphatic rings. The van der Waals surface area contributed by atoms with Crippen LogP contribution in [-0.4, -0.2) is 25.8 Å². The molecular weight excluding hydrogens is 294 g/mol. The maximum Gasteiger partial charge on any atom is 0.243 e. The van der Waals surface area contributed by atoms with Crippen LogP contribution in [0.3, 0.4) is 0 Å². The molecule has 0 aliphatic carbocycles. The van der Waals surface area contributed by atoms with Crippen molar-refractivity contribution < 1.29 is 8.42 Å². The average Bonchev–Trinajstić information content (AvgIpc) is 2.84. The second kappa shape index (κ2) is 5.72. The van der Waals surface area contributed by atoms with Crippen LogP contribution in [0.25, 0.3) is 0 Å². The summed E-state index contributed by atoms with van der Waals surface area (Å²) in [7, 11) is -3.47. The van der Waals surface area contributed by atoms with Crippen LogP contribution in [0.1, 0.15) is 12.5 Å². The van der Waals surface area contributed by atoms with Crippen LogP contribution in [-0.2, 0) is 10.0 Å². The van der Waals surface area contributed by atoms with Gasteiger partial charge in [0.25, 0.3) is 0 Å². The molecule has 1 heterocycles. The molecule has 20 heavy (non-hydrogen) atoms. The second-order valence-corrected chi connectivity index (χ2v) is 7.52. The van der Waals surface area contributed by atoms with Gasteiger partial charge in [-0.1, -0.05) is 35.4 Å². The van der Waals surface area contributed by atoms with Gasteiger partial charge in [-0.05, 0) is 31.6 Å². The first-order valence-corrected chi connectivity index (χ1v) is 8.22. The van der Waals surface area contributed by atoms with Gasteiger partial charge in [-0.3, -0.25) is 0 Å². The van der Waals surface area contributed by atoms with E-state index in [0.29, 0.717) is 23.0 Å². The first-order chi connectivity index (χ1) is 9.36. The van der Waals surface area contributed by atoms with Gasteiger partial charge in [-0.2, -0.15) is 4.31 Å². The van der Waals surface area contributed by atoms with Crippen LogP contribution in [0.15, 0.2) is 52.4 Å². The van der Waals surface area contributed by atoms with Crippen molar-refractivity contribution in [3.63, 3.8) is 0 Å². The summed E-state index contributed by atoms with van der Waals surface area (Å²) in [5.74, 6) is -0.00674. The van der Waals surface area contributed by atoms with Gasteiger partial charge >= 0.3 is 0 Å². The minimum Gasteiger partial charge on any atom is -0.207 e. The Morgan fingerprint density at radius 1 is 1.40 bits per heavy atom. The molecule has 0 N–H and O–H groups in total. The summed E-state index contributed by atoms with van der Waals surface area (Å²) < 4.78 is 26.7. The number of halogens is 1. The van der Waals surface area contributed by atoms with Crippen LogP contribution in [0.2, 0.25) is 0 Å². The third-order valence-electron chi connectivity index (χ3n) is 3.58. The first kappa shape index (κ1) is 15.3. The standard InChI is InChI=1S/C15H18ClNO2S/c1-4-13-9-17(10-15(13)12(3)16)20(18,19)14-7-5-11(2)6-8-14/h4-8,13H,1,9-10H2,2-3H3/b15-12-. The molecule has 1 aromatic carbocycles. The Kier molecular flexibility index (Phi) is 4.37. The van der Waals surface area contributed by atoms with E-state index < -0.39 is 10.0 Å². The van der Waals surface area contributed by atoms with Gasteiger partial charge in [0.15, 0.2) is 0 Å². The van der Waals surface area contributed by atoms with Gasteiger partial charge in [0.05, 0.1) is 4.90 Å². The number of allylic oxidation sites excluding steroid dienone is 1. The number of nitrogens with zero attached hydrogens (tertiary/aromatic N) is 1. The Morgan fingerprint density at radius 2 is 2.00 bits per heavy atom. The van der Waals surface area contributed by atoms with E-state index in [0.717, 1.165) is 11.1 Å². The van der Waals surface area contributed by atoms with Crippen molar-refractivity contribution >= 4 is 21.6 Å². The van der Waals surface area contributed by atoms with Gasteiger partial charge in [0.2, 0.25) is 10.0 Å². The Labute approximate surface area is 125 Å². The quantitative estimate of drug-likeness (QED) is 0.803. The van der Waals surface area contributed by atoms with Crippen LogP contribution in [0.5, 0.6) is 0 Å². The van der Waals surface area contributed by atoms with Crippen LogP contribution >= 0.6 is 11.6 Å². The molecule has 1 unspecified atom stereocenters. The van der Waals surface area contributed by atoms with Gasteiger partial charge in [0.1, 0.15) is 0 Å². The van der Waals surface area contributed by atoms with Gasteiger partial charge < -0.3 is 0 Å². The first-order valence-electron chi connectivity index (χ1n) is 6.40. The molecule has 1 fully saturated rings. The number of hydrogen-bond donors (Lipinski definition) is 0. The van der Waals surface area contributed by atoms with Gasteiger partial charge in [-0.15, -0.1) is 6.58 Å². The highest BCUT2D eigenvalue weighted by Crippen LogP contribution is 2.31. The molecule has 0 saturated carbocycles. The van der Waals surface area contributed by atoms with Crippen molar-refractivity contribution in [3.8, 4) is 0 Å². The summed E-state index contributed by atoms with van der Waals surface area (Å²) in [6.07, 6.45) is 1.76. The fourth-order valence-corrected chi connectivity index (χ4v) is 3.97. The van der Waals surface area contributed by atoms with E-state index in [1.54, 1.807) is 37.3 Å². The predicted molar refractivity (Wildman–Crippen MR) is 82.2 cm³/mol. The van der Waals surface area contributed by atoms with Crippen LogP contribution in [0, 0.1) is 12.8 Å². The maximum absolute atomic E-state index is 12.6. The van der Waals surface area contributed by atoms with E-state index in [1.165, 1.54) is 4.31 Å². The fourth-order valence-electron chi connectivity index (χ4n) is 2.32. The Hall–Kier alpha value is -1.10. The molecule has 0 bridgehead atoms. The van der Waals surface area contributed by atoms with Crippen molar-refractivity contribution in [2.75, 3.05) is 13.1 Å². The van der Waals surface area contributed by atoms with E-state index >= 15 is 0 Å². The van der Waals surface area contributed by atoms with Gasteiger partial charge in [0, 0.05) is 24.0 Å². The normalized spacial score (nSPS) is 22.9. The highest BCUT2D eigenvalue weighted by atomic mass is 35.5. The summed E-state index contributed by atoms with van der Waals surface area (Å²) in [6, 6.07) is 6.89. The lowest BCUT2D eigenvalue weighted by atomic mass is 10.0. The molecule has 0 radical (unpaired) electrons. The average molecular weight is 312 g/mol. The van der Waals surface area contributed by atoms with Crippen molar-refractivity contribution in [2.45, 2.75) is 18.7 Å². The lowest BCUT2D eigenvalue weighted by molar-refractivity contribution is 0.471. The zero-order chi connectivity index (χ0) is 14.9. The Balaban J connectivity index is 2.35. The zero-order valence-corrected chi connectivity index (χ0v) is 13.2. The number of hydrogen-bond acceptors (Lipinski definition) is 2. The lowest BCUT2D eigenvalue weighted by Gasteiger charge is -2.15. The number of rotatable bonds is 3. The van der Waals surface area contributed by atoms with Crippen molar-refractivity contribution in [1.82, 2.24) is 4.31 Å². The predicted octanol–water partition coefficient (Wildman–Crippen LogP) is 3.31. The van der Waals surface area contributed by atoms with E-state index in [4.69, 9.17) is 11.6 Å². The summed E-state index contributed by atoms with van der Waals surface area (Å²) in [6.45, 7) is 8.21. The van der Waals surface area contributed by atoms with E-state index in [2.05, 4.69) is 6.58 Å². The van der Waals surface area contributed by atoms with E-state index in [1.807, 2.05) is 6.92 Å². The third-order valence-corrected chi connectivity index (χ3v) is 5.65. The number of aryl methyl sites for hydroxylation is 1. The summed E-state index contributed by atoms with van der Waals surface area (Å²) >= 11 is 6.05. The molecule has 5 heteroatoms. The highest BCUT2D eigenvalue weighted by molar-refractivity contribution is 7.89.